The molecule has 1 aliphatic heterocycles. The Kier molecular flexibility index (Phi) is 2.86. The fraction of sp³-hybridized carbons (Fsp3) is 0.714. The first kappa shape index (κ1) is 12.7. The Morgan fingerprint density at radius 1 is 1.05 bits per heavy atom. The molecule has 0 atom stereocenters. The van der Waals surface area contributed by atoms with Crippen LogP contribution in [0.2, 0.25) is 0 Å². The van der Waals surface area contributed by atoms with Gasteiger partial charge in [-0.3, -0.25) is 0 Å². The highest BCUT2D eigenvalue weighted by Gasteiger charge is 2.40. The highest BCUT2D eigenvalue weighted by atomic mass is 32.2. The molecule has 6 heteroatoms. The third-order valence-electron chi connectivity index (χ3n) is 4.55. The van der Waals surface area contributed by atoms with Crippen molar-refractivity contribution in [2.75, 3.05) is 13.1 Å². The summed E-state index contributed by atoms with van der Waals surface area (Å²) in [4.78, 5) is 8.85. The summed E-state index contributed by atoms with van der Waals surface area (Å²) in [6, 6.07) is 0. The van der Waals surface area contributed by atoms with E-state index >= 15 is 0 Å². The van der Waals surface area contributed by atoms with Gasteiger partial charge in [0.25, 0.3) is 0 Å². The van der Waals surface area contributed by atoms with Crippen LogP contribution in [-0.4, -0.2) is 41.0 Å². The van der Waals surface area contributed by atoms with Crippen LogP contribution in [0.3, 0.4) is 0 Å². The maximum atomic E-state index is 12.4. The molecule has 0 N–H and O–H groups in total. The average Bonchev–Trinajstić information content (AvgIpc) is 3.34. The molecule has 0 aromatic carbocycles. The molecule has 0 unspecified atom stereocenters. The first-order valence-electron chi connectivity index (χ1n) is 7.48. The van der Waals surface area contributed by atoms with Gasteiger partial charge < -0.3 is 0 Å². The largest absolute Gasteiger partial charge is 0.241 e. The zero-order chi connectivity index (χ0) is 13.7. The summed E-state index contributed by atoms with van der Waals surface area (Å²) in [6.07, 6.45) is 7.24. The van der Waals surface area contributed by atoms with Gasteiger partial charge in [-0.25, -0.2) is 22.7 Å². The summed E-state index contributed by atoms with van der Waals surface area (Å²) >= 11 is 0. The van der Waals surface area contributed by atoms with Crippen LogP contribution in [0.25, 0.3) is 0 Å². The molecule has 0 spiro atoms. The van der Waals surface area contributed by atoms with Crippen LogP contribution in [0.1, 0.15) is 48.6 Å². The maximum absolute atomic E-state index is 12.4. The van der Waals surface area contributed by atoms with Crippen LogP contribution >= 0.6 is 0 Å². The van der Waals surface area contributed by atoms with Crippen LogP contribution in [0.15, 0.2) is 6.33 Å². The Morgan fingerprint density at radius 2 is 1.80 bits per heavy atom. The Hall–Kier alpha value is -1.01. The molecule has 2 fully saturated rings. The highest BCUT2D eigenvalue weighted by molar-refractivity contribution is 7.90. The van der Waals surface area contributed by atoms with E-state index in [2.05, 4.69) is 9.97 Å². The summed E-state index contributed by atoms with van der Waals surface area (Å²) < 4.78 is 26.4. The van der Waals surface area contributed by atoms with Crippen LogP contribution < -0.4 is 0 Å². The molecule has 3 aliphatic rings. The minimum Gasteiger partial charge on any atom is -0.241 e. The second-order valence-electron chi connectivity index (χ2n) is 6.10. The van der Waals surface area contributed by atoms with E-state index in [1.54, 1.807) is 10.6 Å². The van der Waals surface area contributed by atoms with Gasteiger partial charge in [0.1, 0.15) is 6.33 Å². The number of fused-ring (bicyclic) bond motifs is 1. The number of hydrogen-bond donors (Lipinski definition) is 0. The van der Waals surface area contributed by atoms with Gasteiger partial charge in [0.2, 0.25) is 10.0 Å². The fourth-order valence-corrected chi connectivity index (χ4v) is 4.92. The first-order chi connectivity index (χ1) is 9.66. The summed E-state index contributed by atoms with van der Waals surface area (Å²) in [5.74, 6) is 0.596. The SMILES string of the molecule is O=S(=O)(C1CC1)N1CCc2ncnc(C3CC3)c2CC1. The molecule has 0 saturated heterocycles. The number of hydrogen-bond acceptors (Lipinski definition) is 4. The van der Waals surface area contributed by atoms with Crippen molar-refractivity contribution in [3.63, 3.8) is 0 Å². The van der Waals surface area contributed by atoms with Crippen molar-refractivity contribution >= 4 is 10.0 Å². The Labute approximate surface area is 119 Å². The normalized spacial score (nSPS) is 24.2. The van der Waals surface area contributed by atoms with Crippen molar-refractivity contribution in [2.45, 2.75) is 49.7 Å². The van der Waals surface area contributed by atoms with E-state index in [1.165, 1.54) is 24.1 Å². The topological polar surface area (TPSA) is 63.2 Å². The lowest BCUT2D eigenvalue weighted by atomic mass is 10.0. The third kappa shape index (κ3) is 2.15. The number of rotatable bonds is 3. The van der Waals surface area contributed by atoms with Crippen molar-refractivity contribution in [2.24, 2.45) is 0 Å². The van der Waals surface area contributed by atoms with Crippen LogP contribution in [0.4, 0.5) is 0 Å². The molecule has 5 nitrogen and oxygen atoms in total. The second kappa shape index (κ2) is 4.49. The quantitative estimate of drug-likeness (QED) is 0.841. The molecule has 2 aliphatic carbocycles. The van der Waals surface area contributed by atoms with Gasteiger partial charge in [0.15, 0.2) is 0 Å². The summed E-state index contributed by atoms with van der Waals surface area (Å²) in [6.45, 7) is 1.17. The lowest BCUT2D eigenvalue weighted by molar-refractivity contribution is 0.425. The van der Waals surface area contributed by atoms with Crippen molar-refractivity contribution in [3.8, 4) is 0 Å². The molecular weight excluding hydrogens is 274 g/mol. The van der Waals surface area contributed by atoms with E-state index in [-0.39, 0.29) is 5.25 Å². The molecule has 1 aromatic heterocycles. The van der Waals surface area contributed by atoms with Crippen molar-refractivity contribution in [1.29, 1.82) is 0 Å². The third-order valence-corrected chi connectivity index (χ3v) is 6.95. The molecule has 0 radical (unpaired) electrons. The lowest BCUT2D eigenvalue weighted by Gasteiger charge is -2.19. The van der Waals surface area contributed by atoms with Gasteiger partial charge in [-0.15, -0.1) is 0 Å². The van der Waals surface area contributed by atoms with E-state index in [1.807, 2.05) is 0 Å². The monoisotopic (exact) mass is 293 g/mol. The van der Waals surface area contributed by atoms with Crippen molar-refractivity contribution in [3.05, 3.63) is 23.3 Å². The van der Waals surface area contributed by atoms with E-state index in [9.17, 15) is 8.42 Å². The summed E-state index contributed by atoms with van der Waals surface area (Å²) in [7, 11) is -3.06. The van der Waals surface area contributed by atoms with E-state index < -0.39 is 10.0 Å². The lowest BCUT2D eigenvalue weighted by Crippen LogP contribution is -2.35. The Balaban J connectivity index is 1.61. The van der Waals surface area contributed by atoms with Gasteiger partial charge in [-0.2, -0.15) is 0 Å². The zero-order valence-electron chi connectivity index (χ0n) is 11.5. The molecule has 4 rings (SSSR count). The predicted molar refractivity (Wildman–Crippen MR) is 74.9 cm³/mol. The second-order valence-corrected chi connectivity index (χ2v) is 8.31. The minimum atomic E-state index is -3.06. The summed E-state index contributed by atoms with van der Waals surface area (Å²) in [5, 5.41) is -0.113. The number of nitrogens with zero attached hydrogens (tertiary/aromatic N) is 3. The Morgan fingerprint density at radius 3 is 2.50 bits per heavy atom. The molecule has 0 amide bonds. The maximum Gasteiger partial charge on any atom is 0.217 e. The summed E-state index contributed by atoms with van der Waals surface area (Å²) in [5.41, 5.74) is 3.47. The molecule has 2 saturated carbocycles. The number of sulfonamides is 1. The molecular formula is C14H19N3O2S. The Bertz CT molecular complexity index is 636. The predicted octanol–water partition coefficient (Wildman–Crippen LogP) is 1.25. The standard InChI is InChI=1S/C14H19N3O2S/c18-20(19,11-3-4-11)17-7-5-12-13(6-8-17)15-9-16-14(12)10-1-2-10/h9-11H,1-8H2. The molecule has 20 heavy (non-hydrogen) atoms. The van der Waals surface area contributed by atoms with Crippen LogP contribution in [-0.2, 0) is 22.9 Å². The van der Waals surface area contributed by atoms with Crippen LogP contribution in [0.5, 0.6) is 0 Å². The van der Waals surface area contributed by atoms with Gasteiger partial charge in [-0.1, -0.05) is 0 Å². The molecule has 0 bridgehead atoms. The van der Waals surface area contributed by atoms with Gasteiger partial charge in [0, 0.05) is 31.1 Å². The van der Waals surface area contributed by atoms with Crippen molar-refractivity contribution < 1.29 is 8.42 Å². The fourth-order valence-electron chi connectivity index (χ4n) is 3.07. The first-order valence-corrected chi connectivity index (χ1v) is 8.98. The van der Waals surface area contributed by atoms with E-state index in [0.717, 1.165) is 31.4 Å². The minimum absolute atomic E-state index is 0.113. The molecule has 1 aromatic rings. The van der Waals surface area contributed by atoms with Crippen LogP contribution in [0, 0.1) is 0 Å². The number of aromatic nitrogens is 2. The van der Waals surface area contributed by atoms with E-state index in [0.29, 0.717) is 19.0 Å². The average molecular weight is 293 g/mol. The van der Waals surface area contributed by atoms with Gasteiger partial charge in [-0.05, 0) is 37.7 Å². The molecule has 108 valence electrons. The zero-order valence-corrected chi connectivity index (χ0v) is 12.3. The van der Waals surface area contributed by atoms with E-state index in [4.69, 9.17) is 0 Å². The highest BCUT2D eigenvalue weighted by Crippen LogP contribution is 2.41. The molecule has 2 heterocycles. The van der Waals surface area contributed by atoms with Gasteiger partial charge >= 0.3 is 0 Å². The smallest absolute Gasteiger partial charge is 0.217 e. The van der Waals surface area contributed by atoms with Gasteiger partial charge in [0.05, 0.1) is 10.9 Å². The van der Waals surface area contributed by atoms with Crippen molar-refractivity contribution in [1.82, 2.24) is 14.3 Å².